The zero-order valence-corrected chi connectivity index (χ0v) is 12.5. The van der Waals surface area contributed by atoms with Crippen LogP contribution >= 0.6 is 0 Å². The van der Waals surface area contributed by atoms with Crippen molar-refractivity contribution >= 4 is 11.6 Å². The summed E-state index contributed by atoms with van der Waals surface area (Å²) in [7, 11) is 0. The molecule has 1 saturated heterocycles. The number of hydrogen-bond donors (Lipinski definition) is 1. The van der Waals surface area contributed by atoms with Crippen molar-refractivity contribution in [3.8, 4) is 11.4 Å². The first kappa shape index (κ1) is 16.4. The second-order valence-corrected chi connectivity index (χ2v) is 5.34. The number of carbonyl (C=O) groups is 1. The van der Waals surface area contributed by atoms with Gasteiger partial charge in [0.1, 0.15) is 6.10 Å². The minimum absolute atomic E-state index is 0.171. The average molecular weight is 341 g/mol. The van der Waals surface area contributed by atoms with Crippen molar-refractivity contribution in [2.24, 2.45) is 0 Å². The lowest BCUT2D eigenvalue weighted by Gasteiger charge is -2.21. The molecular formula is C15H14F3N3O3. The van der Waals surface area contributed by atoms with E-state index in [1.54, 1.807) is 12.1 Å². The predicted molar refractivity (Wildman–Crippen MR) is 77.0 cm³/mol. The van der Waals surface area contributed by atoms with Gasteiger partial charge in [-0.05, 0) is 43.5 Å². The number of alkyl halides is 3. The number of aromatic nitrogens is 2. The van der Waals surface area contributed by atoms with Crippen molar-refractivity contribution in [3.63, 3.8) is 0 Å². The molecule has 1 aliphatic rings. The Bertz CT molecular complexity index is 707. The van der Waals surface area contributed by atoms with Gasteiger partial charge in [-0.25, -0.2) is 0 Å². The molecule has 6 nitrogen and oxygen atoms in total. The highest BCUT2D eigenvalue weighted by atomic mass is 19.4. The van der Waals surface area contributed by atoms with Crippen LogP contribution in [0.4, 0.5) is 18.9 Å². The van der Waals surface area contributed by atoms with Crippen LogP contribution in [-0.2, 0) is 15.7 Å². The number of carbonyl (C=O) groups excluding carboxylic acids is 1. The predicted octanol–water partition coefficient (Wildman–Crippen LogP) is 3.26. The van der Waals surface area contributed by atoms with E-state index in [1.807, 2.05) is 0 Å². The molecule has 0 spiro atoms. The molecule has 1 fully saturated rings. The van der Waals surface area contributed by atoms with E-state index in [0.29, 0.717) is 24.3 Å². The van der Waals surface area contributed by atoms with E-state index in [4.69, 9.17) is 4.74 Å². The van der Waals surface area contributed by atoms with Gasteiger partial charge in [0.05, 0.1) is 0 Å². The third-order valence-corrected chi connectivity index (χ3v) is 3.55. The quantitative estimate of drug-likeness (QED) is 0.927. The number of rotatable bonds is 3. The lowest BCUT2D eigenvalue weighted by Crippen LogP contribution is -2.33. The van der Waals surface area contributed by atoms with Gasteiger partial charge in [0.25, 0.3) is 5.91 Å². The van der Waals surface area contributed by atoms with E-state index in [0.717, 1.165) is 12.8 Å². The van der Waals surface area contributed by atoms with Crippen molar-refractivity contribution in [1.29, 1.82) is 0 Å². The highest BCUT2D eigenvalue weighted by molar-refractivity contribution is 5.94. The first-order chi connectivity index (χ1) is 11.4. The van der Waals surface area contributed by atoms with Gasteiger partial charge in [-0.3, -0.25) is 4.79 Å². The summed E-state index contributed by atoms with van der Waals surface area (Å²) in [4.78, 5) is 15.3. The lowest BCUT2D eigenvalue weighted by atomic mass is 10.1. The minimum Gasteiger partial charge on any atom is -0.368 e. The number of amides is 1. The minimum atomic E-state index is -4.68. The average Bonchev–Trinajstić information content (AvgIpc) is 3.07. The number of benzene rings is 1. The molecule has 1 aromatic heterocycles. The zero-order valence-electron chi connectivity index (χ0n) is 12.5. The van der Waals surface area contributed by atoms with Gasteiger partial charge >= 0.3 is 12.1 Å². The molecule has 1 aliphatic heterocycles. The first-order valence-electron chi connectivity index (χ1n) is 7.37. The largest absolute Gasteiger partial charge is 0.471 e. The normalized spacial score (nSPS) is 18.4. The maximum atomic E-state index is 12.4. The van der Waals surface area contributed by atoms with Gasteiger partial charge in [0, 0.05) is 17.9 Å². The molecule has 1 amide bonds. The molecule has 24 heavy (non-hydrogen) atoms. The smallest absolute Gasteiger partial charge is 0.368 e. The third kappa shape index (κ3) is 3.73. The van der Waals surface area contributed by atoms with Gasteiger partial charge in [-0.2, -0.15) is 18.2 Å². The van der Waals surface area contributed by atoms with Crippen LogP contribution in [-0.4, -0.2) is 28.8 Å². The lowest BCUT2D eigenvalue weighted by molar-refractivity contribution is -0.159. The molecule has 1 aromatic carbocycles. The van der Waals surface area contributed by atoms with Gasteiger partial charge < -0.3 is 14.6 Å². The Morgan fingerprint density at radius 2 is 1.96 bits per heavy atom. The van der Waals surface area contributed by atoms with E-state index >= 15 is 0 Å². The summed E-state index contributed by atoms with van der Waals surface area (Å²) < 4.78 is 46.9. The number of nitrogens with zero attached hydrogens (tertiary/aromatic N) is 2. The number of ether oxygens (including phenoxy) is 1. The topological polar surface area (TPSA) is 77.3 Å². The van der Waals surface area contributed by atoms with Crippen molar-refractivity contribution in [2.45, 2.75) is 31.5 Å². The van der Waals surface area contributed by atoms with Crippen LogP contribution in [0.15, 0.2) is 28.8 Å². The number of anilines is 1. The Kier molecular flexibility index (Phi) is 4.52. The van der Waals surface area contributed by atoms with Gasteiger partial charge in [-0.1, -0.05) is 5.16 Å². The van der Waals surface area contributed by atoms with E-state index in [1.165, 1.54) is 12.1 Å². The van der Waals surface area contributed by atoms with E-state index in [-0.39, 0.29) is 11.7 Å². The molecule has 1 N–H and O–H groups in total. The molecule has 3 rings (SSSR count). The SMILES string of the molecule is O=C(Nc1ccc(-c2noc(C(F)(F)F)n2)cc1)C1CCCCO1. The summed E-state index contributed by atoms with van der Waals surface area (Å²) in [5.41, 5.74) is 0.860. The van der Waals surface area contributed by atoms with E-state index < -0.39 is 18.2 Å². The maximum absolute atomic E-state index is 12.4. The van der Waals surface area contributed by atoms with E-state index in [2.05, 4.69) is 20.0 Å². The Hall–Kier alpha value is -2.42. The molecule has 0 bridgehead atoms. The molecule has 0 aliphatic carbocycles. The summed E-state index contributed by atoms with van der Waals surface area (Å²) in [6, 6.07) is 6.12. The van der Waals surface area contributed by atoms with Crippen LogP contribution in [0.5, 0.6) is 0 Å². The van der Waals surface area contributed by atoms with Crippen molar-refractivity contribution < 1.29 is 27.2 Å². The van der Waals surface area contributed by atoms with Crippen LogP contribution < -0.4 is 5.32 Å². The molecule has 1 unspecified atom stereocenters. The first-order valence-corrected chi connectivity index (χ1v) is 7.37. The number of hydrogen-bond acceptors (Lipinski definition) is 5. The van der Waals surface area contributed by atoms with Crippen LogP contribution in [0.1, 0.15) is 25.2 Å². The molecule has 128 valence electrons. The molecule has 2 heterocycles. The Balaban J connectivity index is 1.67. The Morgan fingerprint density at radius 1 is 1.21 bits per heavy atom. The van der Waals surface area contributed by atoms with Crippen molar-refractivity contribution in [1.82, 2.24) is 10.1 Å². The highest BCUT2D eigenvalue weighted by Crippen LogP contribution is 2.29. The van der Waals surface area contributed by atoms with E-state index in [9.17, 15) is 18.0 Å². The van der Waals surface area contributed by atoms with Crippen molar-refractivity contribution in [3.05, 3.63) is 30.2 Å². The molecule has 2 aromatic rings. The fourth-order valence-electron chi connectivity index (χ4n) is 2.33. The molecule has 0 radical (unpaired) electrons. The second kappa shape index (κ2) is 6.60. The molecular weight excluding hydrogens is 327 g/mol. The summed E-state index contributed by atoms with van der Waals surface area (Å²) >= 11 is 0. The molecule has 1 atom stereocenters. The van der Waals surface area contributed by atoms with Crippen LogP contribution in [0.3, 0.4) is 0 Å². The van der Waals surface area contributed by atoms with Gasteiger partial charge in [0.2, 0.25) is 5.82 Å². The van der Waals surface area contributed by atoms with Gasteiger partial charge in [-0.15, -0.1) is 0 Å². The highest BCUT2D eigenvalue weighted by Gasteiger charge is 2.38. The fourth-order valence-corrected chi connectivity index (χ4v) is 2.33. The summed E-state index contributed by atoms with van der Waals surface area (Å²) in [5.74, 6) is -1.80. The number of nitrogens with one attached hydrogen (secondary N) is 1. The maximum Gasteiger partial charge on any atom is 0.471 e. The van der Waals surface area contributed by atoms with Crippen molar-refractivity contribution in [2.75, 3.05) is 11.9 Å². The van der Waals surface area contributed by atoms with Crippen LogP contribution in [0, 0.1) is 0 Å². The second-order valence-electron chi connectivity index (χ2n) is 5.34. The Morgan fingerprint density at radius 3 is 2.54 bits per heavy atom. The Labute approximate surface area is 135 Å². The standard InChI is InChI=1S/C15H14F3N3O3/c16-15(17,18)14-20-12(21-24-14)9-4-6-10(7-5-9)19-13(22)11-3-1-2-8-23-11/h4-7,11H,1-3,8H2,(H,19,22). The number of halogens is 3. The van der Waals surface area contributed by atoms with Crippen LogP contribution in [0.25, 0.3) is 11.4 Å². The van der Waals surface area contributed by atoms with Gasteiger partial charge in [0.15, 0.2) is 0 Å². The molecule has 9 heteroatoms. The summed E-state index contributed by atoms with van der Waals surface area (Å²) in [6.45, 7) is 0.566. The monoisotopic (exact) mass is 341 g/mol. The summed E-state index contributed by atoms with van der Waals surface area (Å²) in [5, 5.41) is 6.02. The van der Waals surface area contributed by atoms with Crippen LogP contribution in [0.2, 0.25) is 0 Å². The molecule has 0 saturated carbocycles. The zero-order chi connectivity index (χ0) is 17.2. The third-order valence-electron chi connectivity index (χ3n) is 3.55. The fraction of sp³-hybridized carbons (Fsp3) is 0.400. The summed E-state index contributed by atoms with van der Waals surface area (Å²) in [6.07, 6.45) is -2.59.